The van der Waals surface area contributed by atoms with Crippen LogP contribution in [0.3, 0.4) is 0 Å². The summed E-state index contributed by atoms with van der Waals surface area (Å²) in [6.45, 7) is 6.68. The predicted molar refractivity (Wildman–Crippen MR) is 99.5 cm³/mol. The number of carbonyl (C=O) groups excluding carboxylic acids is 1. The maximum absolute atomic E-state index is 12.9. The zero-order valence-electron chi connectivity index (χ0n) is 15.0. The van der Waals surface area contributed by atoms with Gasteiger partial charge in [-0.2, -0.15) is 0 Å². The molecule has 134 valence electrons. The lowest BCUT2D eigenvalue weighted by atomic mass is 10.1. The predicted octanol–water partition coefficient (Wildman–Crippen LogP) is 3.82. The van der Waals surface area contributed by atoms with Gasteiger partial charge in [0.2, 0.25) is 0 Å². The first kappa shape index (κ1) is 18.9. The van der Waals surface area contributed by atoms with Crippen LogP contribution in [0.4, 0.5) is 10.1 Å². The minimum absolute atomic E-state index is 0.135. The van der Waals surface area contributed by atoms with Crippen LogP contribution in [0.5, 0.6) is 0 Å². The Morgan fingerprint density at radius 1 is 1.12 bits per heavy atom. The molecule has 0 atom stereocenters. The fraction of sp³-hybridized carbons (Fsp3) is 0.400. The first-order valence-corrected chi connectivity index (χ1v) is 8.86. The van der Waals surface area contributed by atoms with Gasteiger partial charge in [-0.25, -0.2) is 4.39 Å². The molecule has 25 heavy (non-hydrogen) atoms. The Morgan fingerprint density at radius 2 is 1.80 bits per heavy atom. The van der Waals surface area contributed by atoms with Gasteiger partial charge in [-0.3, -0.25) is 9.78 Å². The number of nitrogens with one attached hydrogen (secondary N) is 1. The molecule has 0 saturated heterocycles. The number of rotatable bonds is 9. The average Bonchev–Trinajstić information content (AvgIpc) is 2.63. The monoisotopic (exact) mass is 343 g/mol. The van der Waals surface area contributed by atoms with E-state index in [4.69, 9.17) is 0 Å². The van der Waals surface area contributed by atoms with Gasteiger partial charge in [0.25, 0.3) is 5.91 Å². The molecule has 0 fully saturated rings. The van der Waals surface area contributed by atoms with Gasteiger partial charge in [-0.15, -0.1) is 0 Å². The van der Waals surface area contributed by atoms with Crippen molar-refractivity contribution in [2.75, 3.05) is 24.5 Å². The number of carbonyl (C=O) groups is 1. The Kier molecular flexibility index (Phi) is 7.38. The molecule has 2 rings (SSSR count). The van der Waals surface area contributed by atoms with E-state index in [1.165, 1.54) is 12.1 Å². The van der Waals surface area contributed by atoms with Gasteiger partial charge in [0.15, 0.2) is 0 Å². The van der Waals surface area contributed by atoms with E-state index < -0.39 is 0 Å². The lowest BCUT2D eigenvalue weighted by molar-refractivity contribution is 0.0954. The third-order valence-corrected chi connectivity index (χ3v) is 3.95. The summed E-state index contributed by atoms with van der Waals surface area (Å²) in [6, 6.07) is 8.22. The van der Waals surface area contributed by atoms with Crippen molar-refractivity contribution in [3.8, 4) is 0 Å². The van der Waals surface area contributed by atoms with E-state index in [-0.39, 0.29) is 11.7 Å². The summed E-state index contributed by atoms with van der Waals surface area (Å²) >= 11 is 0. The van der Waals surface area contributed by atoms with Crippen LogP contribution in [0.1, 0.15) is 42.6 Å². The van der Waals surface area contributed by atoms with E-state index in [1.54, 1.807) is 24.5 Å². The summed E-state index contributed by atoms with van der Waals surface area (Å²) in [5, 5.41) is 2.90. The Labute approximate surface area is 149 Å². The van der Waals surface area contributed by atoms with Crippen LogP contribution in [0, 0.1) is 5.82 Å². The number of benzene rings is 1. The minimum Gasteiger partial charge on any atom is -0.370 e. The molecule has 0 aliphatic carbocycles. The number of hydrogen-bond acceptors (Lipinski definition) is 3. The first-order valence-electron chi connectivity index (χ1n) is 8.86. The standard InChI is InChI=1S/C20H26FN3O/c1-3-11-24(12-4-2)19-13-17(14-22-15-19)20(25)23-10-9-16-5-7-18(21)8-6-16/h5-8,13-15H,3-4,9-12H2,1-2H3,(H,23,25). The Bertz CT molecular complexity index is 667. The number of amides is 1. The number of hydrogen-bond donors (Lipinski definition) is 1. The van der Waals surface area contributed by atoms with Crippen LogP contribution in [0.2, 0.25) is 0 Å². The fourth-order valence-corrected chi connectivity index (χ4v) is 2.71. The molecular formula is C20H26FN3O. The number of aromatic nitrogens is 1. The topological polar surface area (TPSA) is 45.2 Å². The van der Waals surface area contributed by atoms with Crippen molar-refractivity contribution in [1.29, 1.82) is 0 Å². The normalized spacial score (nSPS) is 10.5. The largest absolute Gasteiger partial charge is 0.370 e. The second kappa shape index (κ2) is 9.77. The molecule has 0 aliphatic rings. The minimum atomic E-state index is -0.251. The highest BCUT2D eigenvalue weighted by Gasteiger charge is 2.10. The molecule has 1 N–H and O–H groups in total. The summed E-state index contributed by atoms with van der Waals surface area (Å²) in [5.41, 5.74) is 2.54. The maximum Gasteiger partial charge on any atom is 0.252 e. The van der Waals surface area contributed by atoms with Gasteiger partial charge in [0, 0.05) is 25.8 Å². The molecule has 0 spiro atoms. The highest BCUT2D eigenvalue weighted by molar-refractivity contribution is 5.94. The molecule has 1 amide bonds. The van der Waals surface area contributed by atoms with Crippen LogP contribution in [0.15, 0.2) is 42.7 Å². The van der Waals surface area contributed by atoms with E-state index in [0.29, 0.717) is 18.5 Å². The van der Waals surface area contributed by atoms with E-state index in [0.717, 1.165) is 37.2 Å². The highest BCUT2D eigenvalue weighted by Crippen LogP contribution is 2.15. The smallest absolute Gasteiger partial charge is 0.252 e. The average molecular weight is 343 g/mol. The molecule has 0 saturated carbocycles. The molecule has 0 radical (unpaired) electrons. The van der Waals surface area contributed by atoms with Gasteiger partial charge in [-0.05, 0) is 43.0 Å². The Morgan fingerprint density at radius 3 is 2.44 bits per heavy atom. The van der Waals surface area contributed by atoms with Crippen molar-refractivity contribution >= 4 is 11.6 Å². The number of nitrogens with zero attached hydrogens (tertiary/aromatic N) is 2. The molecule has 0 bridgehead atoms. The molecule has 4 nitrogen and oxygen atoms in total. The van der Waals surface area contributed by atoms with E-state index in [1.807, 2.05) is 6.07 Å². The summed E-state index contributed by atoms with van der Waals surface area (Å²) < 4.78 is 12.9. The molecule has 1 aromatic heterocycles. The SMILES string of the molecule is CCCN(CCC)c1cncc(C(=O)NCCc2ccc(F)cc2)c1. The van der Waals surface area contributed by atoms with Gasteiger partial charge in [-0.1, -0.05) is 26.0 Å². The summed E-state index contributed by atoms with van der Waals surface area (Å²) in [6.07, 6.45) is 6.16. The zero-order chi connectivity index (χ0) is 18.1. The third-order valence-electron chi connectivity index (χ3n) is 3.95. The van der Waals surface area contributed by atoms with Gasteiger partial charge < -0.3 is 10.2 Å². The highest BCUT2D eigenvalue weighted by atomic mass is 19.1. The van der Waals surface area contributed by atoms with Crippen LogP contribution < -0.4 is 10.2 Å². The number of halogens is 1. The molecule has 0 unspecified atom stereocenters. The number of anilines is 1. The van der Waals surface area contributed by atoms with Crippen molar-refractivity contribution in [1.82, 2.24) is 10.3 Å². The quantitative estimate of drug-likeness (QED) is 0.753. The van der Waals surface area contributed by atoms with Crippen molar-refractivity contribution in [2.24, 2.45) is 0 Å². The summed E-state index contributed by atoms with van der Waals surface area (Å²) in [5.74, 6) is -0.385. The molecular weight excluding hydrogens is 317 g/mol. The van der Waals surface area contributed by atoms with Crippen molar-refractivity contribution < 1.29 is 9.18 Å². The van der Waals surface area contributed by atoms with Gasteiger partial charge >= 0.3 is 0 Å². The van der Waals surface area contributed by atoms with Crippen LogP contribution in [-0.2, 0) is 6.42 Å². The molecule has 0 aliphatic heterocycles. The Balaban J connectivity index is 1.94. The van der Waals surface area contributed by atoms with Gasteiger partial charge in [0.05, 0.1) is 17.4 Å². The maximum atomic E-state index is 12.9. The second-order valence-electron chi connectivity index (χ2n) is 6.05. The lowest BCUT2D eigenvalue weighted by Gasteiger charge is -2.23. The fourth-order valence-electron chi connectivity index (χ4n) is 2.71. The first-order chi connectivity index (χ1) is 12.1. The third kappa shape index (κ3) is 5.85. The van der Waals surface area contributed by atoms with Gasteiger partial charge in [0.1, 0.15) is 5.82 Å². The summed E-state index contributed by atoms with van der Waals surface area (Å²) in [7, 11) is 0. The van der Waals surface area contributed by atoms with Crippen LogP contribution in [-0.4, -0.2) is 30.5 Å². The van der Waals surface area contributed by atoms with Crippen LogP contribution >= 0.6 is 0 Å². The Hall–Kier alpha value is -2.43. The van der Waals surface area contributed by atoms with E-state index in [2.05, 4.69) is 29.0 Å². The molecule has 2 aromatic rings. The van der Waals surface area contributed by atoms with E-state index >= 15 is 0 Å². The lowest BCUT2D eigenvalue weighted by Crippen LogP contribution is -2.28. The van der Waals surface area contributed by atoms with Crippen molar-refractivity contribution in [3.63, 3.8) is 0 Å². The van der Waals surface area contributed by atoms with Crippen LogP contribution in [0.25, 0.3) is 0 Å². The summed E-state index contributed by atoms with van der Waals surface area (Å²) in [4.78, 5) is 18.8. The molecule has 1 aromatic carbocycles. The van der Waals surface area contributed by atoms with E-state index in [9.17, 15) is 9.18 Å². The second-order valence-corrected chi connectivity index (χ2v) is 6.05. The number of pyridine rings is 1. The molecule has 1 heterocycles. The zero-order valence-corrected chi connectivity index (χ0v) is 15.0. The molecule has 5 heteroatoms. The van der Waals surface area contributed by atoms with Crippen molar-refractivity contribution in [3.05, 3.63) is 59.7 Å². The van der Waals surface area contributed by atoms with Crippen molar-refractivity contribution in [2.45, 2.75) is 33.1 Å².